The van der Waals surface area contributed by atoms with Crippen LogP contribution in [-0.2, 0) is 13.1 Å². The Morgan fingerprint density at radius 3 is 2.42 bits per heavy atom. The van der Waals surface area contributed by atoms with Gasteiger partial charge >= 0.3 is 0 Å². The summed E-state index contributed by atoms with van der Waals surface area (Å²) in [7, 11) is 0. The highest BCUT2D eigenvalue weighted by Gasteiger charge is 2.16. The molecule has 0 saturated carbocycles. The van der Waals surface area contributed by atoms with Crippen molar-refractivity contribution in [3.05, 3.63) is 75.2 Å². The molecule has 26 heavy (non-hydrogen) atoms. The molecular formula is C20H20ClN3O2. The minimum Gasteiger partial charge on any atom is -0.347 e. The minimum atomic E-state index is -0.311. The third-order valence-electron chi connectivity index (χ3n) is 3.99. The lowest BCUT2D eigenvalue weighted by Gasteiger charge is -2.12. The van der Waals surface area contributed by atoms with Crippen molar-refractivity contribution < 1.29 is 4.79 Å². The SMILES string of the molecule is CC(C)Cn1nc(C(=O)NCc2ccc(Cl)cc2)c2ccccc2c1=O. The summed E-state index contributed by atoms with van der Waals surface area (Å²) in [5.74, 6) is -0.0694. The topological polar surface area (TPSA) is 64.0 Å². The fraction of sp³-hybridized carbons (Fsp3) is 0.250. The van der Waals surface area contributed by atoms with E-state index < -0.39 is 0 Å². The Hall–Kier alpha value is -2.66. The summed E-state index contributed by atoms with van der Waals surface area (Å²) in [6.45, 7) is 4.82. The second-order valence-corrected chi connectivity index (χ2v) is 7.02. The fourth-order valence-electron chi connectivity index (χ4n) is 2.74. The average Bonchev–Trinajstić information content (AvgIpc) is 2.63. The van der Waals surface area contributed by atoms with Crippen molar-refractivity contribution in [3.63, 3.8) is 0 Å². The Morgan fingerprint density at radius 1 is 1.12 bits per heavy atom. The first-order valence-electron chi connectivity index (χ1n) is 8.48. The van der Waals surface area contributed by atoms with Crippen LogP contribution in [0.3, 0.4) is 0 Å². The number of fused-ring (bicyclic) bond motifs is 1. The van der Waals surface area contributed by atoms with Crippen molar-refractivity contribution >= 4 is 28.3 Å². The molecule has 5 nitrogen and oxygen atoms in total. The maximum Gasteiger partial charge on any atom is 0.274 e. The van der Waals surface area contributed by atoms with Crippen LogP contribution in [0.1, 0.15) is 29.9 Å². The Bertz CT molecular complexity index is 994. The molecule has 3 rings (SSSR count). The molecule has 0 aliphatic heterocycles. The quantitative estimate of drug-likeness (QED) is 0.746. The number of carbonyl (C=O) groups is 1. The number of hydrogen-bond acceptors (Lipinski definition) is 3. The first-order chi connectivity index (χ1) is 12.5. The number of aromatic nitrogens is 2. The van der Waals surface area contributed by atoms with Gasteiger partial charge in [0, 0.05) is 23.5 Å². The maximum atomic E-state index is 12.7. The highest BCUT2D eigenvalue weighted by Crippen LogP contribution is 2.14. The zero-order valence-corrected chi connectivity index (χ0v) is 15.5. The zero-order chi connectivity index (χ0) is 18.7. The van der Waals surface area contributed by atoms with Crippen LogP contribution in [0, 0.1) is 5.92 Å². The van der Waals surface area contributed by atoms with Crippen LogP contribution in [0.4, 0.5) is 0 Å². The Labute approximate surface area is 156 Å². The van der Waals surface area contributed by atoms with Crippen LogP contribution in [-0.4, -0.2) is 15.7 Å². The van der Waals surface area contributed by atoms with Crippen molar-refractivity contribution in [2.24, 2.45) is 5.92 Å². The number of carbonyl (C=O) groups excluding carboxylic acids is 1. The van der Waals surface area contributed by atoms with E-state index in [2.05, 4.69) is 10.4 Å². The van der Waals surface area contributed by atoms with E-state index in [1.54, 1.807) is 36.4 Å². The smallest absolute Gasteiger partial charge is 0.274 e. The lowest BCUT2D eigenvalue weighted by molar-refractivity contribution is 0.0945. The fourth-order valence-corrected chi connectivity index (χ4v) is 2.87. The van der Waals surface area contributed by atoms with Crippen LogP contribution in [0.15, 0.2) is 53.3 Å². The van der Waals surface area contributed by atoms with Gasteiger partial charge in [-0.05, 0) is 29.7 Å². The van der Waals surface area contributed by atoms with Gasteiger partial charge < -0.3 is 5.32 Å². The molecule has 0 aliphatic rings. The minimum absolute atomic E-state index is 0.177. The zero-order valence-electron chi connectivity index (χ0n) is 14.7. The molecule has 0 unspecified atom stereocenters. The molecule has 0 atom stereocenters. The predicted molar refractivity (Wildman–Crippen MR) is 103 cm³/mol. The molecule has 1 amide bonds. The van der Waals surface area contributed by atoms with Gasteiger partial charge in [-0.15, -0.1) is 0 Å². The van der Waals surface area contributed by atoms with Crippen molar-refractivity contribution in [3.8, 4) is 0 Å². The van der Waals surface area contributed by atoms with Crippen LogP contribution >= 0.6 is 11.6 Å². The third-order valence-corrected chi connectivity index (χ3v) is 4.24. The Morgan fingerprint density at radius 2 is 1.77 bits per heavy atom. The second-order valence-electron chi connectivity index (χ2n) is 6.58. The van der Waals surface area contributed by atoms with Gasteiger partial charge in [0.1, 0.15) is 0 Å². The molecule has 1 heterocycles. The highest BCUT2D eigenvalue weighted by atomic mass is 35.5. The molecule has 1 aromatic heterocycles. The van der Waals surface area contributed by atoms with E-state index in [1.807, 2.05) is 26.0 Å². The van der Waals surface area contributed by atoms with Crippen molar-refractivity contribution in [2.75, 3.05) is 0 Å². The van der Waals surface area contributed by atoms with Crippen molar-refractivity contribution in [1.82, 2.24) is 15.1 Å². The summed E-state index contributed by atoms with van der Waals surface area (Å²) in [5, 5.41) is 8.91. The van der Waals surface area contributed by atoms with E-state index in [4.69, 9.17) is 11.6 Å². The molecule has 0 saturated heterocycles. The molecule has 0 aliphatic carbocycles. The van der Waals surface area contributed by atoms with Crippen molar-refractivity contribution in [1.29, 1.82) is 0 Å². The molecule has 134 valence electrons. The number of halogens is 1. The summed E-state index contributed by atoms with van der Waals surface area (Å²) in [6.07, 6.45) is 0. The Balaban J connectivity index is 1.94. The predicted octanol–water partition coefficient (Wildman–Crippen LogP) is 3.64. The van der Waals surface area contributed by atoms with Gasteiger partial charge in [0.05, 0.1) is 5.39 Å². The van der Waals surface area contributed by atoms with E-state index in [0.717, 1.165) is 5.56 Å². The summed E-state index contributed by atoms with van der Waals surface area (Å²) >= 11 is 5.88. The largest absolute Gasteiger partial charge is 0.347 e. The molecule has 0 bridgehead atoms. The lowest BCUT2D eigenvalue weighted by Crippen LogP contribution is -2.31. The van der Waals surface area contributed by atoms with Crippen molar-refractivity contribution in [2.45, 2.75) is 26.9 Å². The van der Waals surface area contributed by atoms with Crippen LogP contribution < -0.4 is 10.9 Å². The Kier molecular flexibility index (Phi) is 5.38. The van der Waals surface area contributed by atoms with Gasteiger partial charge in [0.2, 0.25) is 0 Å². The van der Waals surface area contributed by atoms with Gasteiger partial charge in [-0.3, -0.25) is 9.59 Å². The molecule has 0 fully saturated rings. The van der Waals surface area contributed by atoms with E-state index in [9.17, 15) is 9.59 Å². The van der Waals surface area contributed by atoms with Gasteiger partial charge in [-0.25, -0.2) is 4.68 Å². The monoisotopic (exact) mass is 369 g/mol. The molecular weight excluding hydrogens is 350 g/mol. The second kappa shape index (κ2) is 7.70. The molecule has 0 spiro atoms. The molecule has 3 aromatic rings. The molecule has 0 radical (unpaired) electrons. The first kappa shape index (κ1) is 18.1. The van der Waals surface area contributed by atoms with Crippen LogP contribution in [0.25, 0.3) is 10.8 Å². The number of nitrogens with one attached hydrogen (secondary N) is 1. The normalized spacial score (nSPS) is 11.1. The summed E-state index contributed by atoms with van der Waals surface area (Å²) in [5.41, 5.74) is 1.01. The van der Waals surface area contributed by atoms with Gasteiger partial charge in [-0.1, -0.05) is 55.8 Å². The lowest BCUT2D eigenvalue weighted by atomic mass is 10.1. The first-order valence-corrected chi connectivity index (χ1v) is 8.86. The van der Waals surface area contributed by atoms with Crippen LogP contribution in [0.2, 0.25) is 5.02 Å². The number of nitrogens with zero attached hydrogens (tertiary/aromatic N) is 2. The number of rotatable bonds is 5. The average molecular weight is 370 g/mol. The van der Waals surface area contributed by atoms with E-state index in [-0.39, 0.29) is 23.1 Å². The standard InChI is InChI=1S/C20H20ClN3O2/c1-13(2)12-24-20(26)17-6-4-3-5-16(17)18(23-24)19(25)22-11-14-7-9-15(21)10-8-14/h3-10,13H,11-12H2,1-2H3,(H,22,25). The number of benzene rings is 2. The molecule has 6 heteroatoms. The summed E-state index contributed by atoms with van der Waals surface area (Å²) in [6, 6.07) is 14.3. The number of hydrogen-bond donors (Lipinski definition) is 1. The van der Waals surface area contributed by atoms with Crippen LogP contribution in [0.5, 0.6) is 0 Å². The third kappa shape index (κ3) is 3.94. The summed E-state index contributed by atoms with van der Waals surface area (Å²) in [4.78, 5) is 25.3. The van der Waals surface area contributed by atoms with E-state index in [1.165, 1.54) is 4.68 Å². The van der Waals surface area contributed by atoms with Gasteiger partial charge in [-0.2, -0.15) is 5.10 Å². The number of amides is 1. The molecule has 2 aromatic carbocycles. The van der Waals surface area contributed by atoms with Gasteiger partial charge in [0.15, 0.2) is 5.69 Å². The van der Waals surface area contributed by atoms with E-state index in [0.29, 0.717) is 28.9 Å². The highest BCUT2D eigenvalue weighted by molar-refractivity contribution is 6.30. The van der Waals surface area contributed by atoms with E-state index >= 15 is 0 Å². The van der Waals surface area contributed by atoms with Gasteiger partial charge in [0.25, 0.3) is 11.5 Å². The molecule has 1 N–H and O–H groups in total. The summed E-state index contributed by atoms with van der Waals surface area (Å²) < 4.78 is 1.38. The maximum absolute atomic E-state index is 12.7.